The summed E-state index contributed by atoms with van der Waals surface area (Å²) in [4.78, 5) is 20.1. The van der Waals surface area contributed by atoms with Gasteiger partial charge < -0.3 is 10.1 Å². The van der Waals surface area contributed by atoms with E-state index in [1.54, 1.807) is 18.2 Å². The van der Waals surface area contributed by atoms with Gasteiger partial charge in [0.2, 0.25) is 0 Å². The minimum absolute atomic E-state index is 0.0788. The molecule has 2 N–H and O–H groups in total. The number of fused-ring (bicyclic) bond motifs is 3. The first kappa shape index (κ1) is 15.6. The van der Waals surface area contributed by atoms with E-state index < -0.39 is 0 Å². The summed E-state index contributed by atoms with van der Waals surface area (Å²) in [6, 6.07) is 10.9. The van der Waals surface area contributed by atoms with Crippen LogP contribution >= 0.6 is 15.9 Å². The van der Waals surface area contributed by atoms with E-state index >= 15 is 0 Å². The Labute approximate surface area is 150 Å². The topological polar surface area (TPSA) is 83.3 Å². The number of nitrogens with zero attached hydrogens (tertiary/aromatic N) is 3. The number of aromatic amines is 1. The summed E-state index contributed by atoms with van der Waals surface area (Å²) < 4.78 is 1.95. The van der Waals surface area contributed by atoms with E-state index in [9.17, 15) is 9.90 Å². The normalized spacial score (nSPS) is 11.8. The van der Waals surface area contributed by atoms with E-state index in [1.165, 1.54) is 12.5 Å². The molecule has 0 aliphatic carbocycles. The predicted octanol–water partition coefficient (Wildman–Crippen LogP) is 3.54. The van der Waals surface area contributed by atoms with E-state index in [0.29, 0.717) is 16.6 Å². The molecule has 0 bridgehead atoms. The molecule has 0 atom stereocenters. The number of phenolic OH excluding ortho intramolecular Hbond substituents is 1. The number of aryl methyl sites for hydroxylation is 1. The monoisotopic (exact) mass is 396 g/mol. The van der Waals surface area contributed by atoms with Crippen molar-refractivity contribution in [1.82, 2.24) is 14.6 Å². The molecule has 0 radical (unpaired) electrons. The Morgan fingerprint density at radius 2 is 2.12 bits per heavy atom. The molecule has 25 heavy (non-hydrogen) atoms. The van der Waals surface area contributed by atoms with Crippen LogP contribution in [-0.4, -0.2) is 26.0 Å². The van der Waals surface area contributed by atoms with Gasteiger partial charge in [-0.1, -0.05) is 28.1 Å². The van der Waals surface area contributed by atoms with Gasteiger partial charge in [0.25, 0.3) is 5.56 Å². The quantitative estimate of drug-likeness (QED) is 0.508. The van der Waals surface area contributed by atoms with Crippen LogP contribution in [0.3, 0.4) is 0 Å². The largest absolute Gasteiger partial charge is 0.507 e. The molecule has 0 aliphatic heterocycles. The molecule has 2 aromatic heterocycles. The fraction of sp³-hybridized carbons (Fsp3) is 0.0556. The van der Waals surface area contributed by atoms with Gasteiger partial charge in [0, 0.05) is 20.9 Å². The third kappa shape index (κ3) is 2.72. The van der Waals surface area contributed by atoms with Crippen LogP contribution in [0.1, 0.15) is 11.1 Å². The zero-order valence-electron chi connectivity index (χ0n) is 13.2. The maximum atomic E-state index is 12.7. The zero-order chi connectivity index (χ0) is 17.6. The van der Waals surface area contributed by atoms with Crippen molar-refractivity contribution in [3.63, 3.8) is 0 Å². The number of benzene rings is 2. The lowest BCUT2D eigenvalue weighted by Gasteiger charge is -2.00. The van der Waals surface area contributed by atoms with Crippen LogP contribution in [0.25, 0.3) is 21.9 Å². The zero-order valence-corrected chi connectivity index (χ0v) is 14.8. The Balaban J connectivity index is 1.84. The predicted molar refractivity (Wildman–Crippen MR) is 101 cm³/mol. The average Bonchev–Trinajstić information content (AvgIpc) is 2.95. The Bertz CT molecular complexity index is 1210. The van der Waals surface area contributed by atoms with Gasteiger partial charge in [-0.3, -0.25) is 4.79 Å². The lowest BCUT2D eigenvalue weighted by Crippen LogP contribution is -2.17. The number of rotatable bonds is 2. The molecular weight excluding hydrogens is 384 g/mol. The van der Waals surface area contributed by atoms with Crippen LogP contribution in [-0.2, 0) is 0 Å². The molecule has 0 saturated heterocycles. The minimum atomic E-state index is -0.301. The van der Waals surface area contributed by atoms with Gasteiger partial charge in [-0.25, -0.2) is 4.98 Å². The first-order chi connectivity index (χ1) is 12.0. The van der Waals surface area contributed by atoms with Crippen LogP contribution < -0.4 is 5.56 Å². The molecule has 0 aliphatic rings. The molecule has 0 amide bonds. The number of nitrogens with one attached hydrogen (secondary N) is 1. The number of H-pyrrole nitrogens is 1. The lowest BCUT2D eigenvalue weighted by molar-refractivity contribution is 0.474. The first-order valence-corrected chi connectivity index (χ1v) is 8.35. The van der Waals surface area contributed by atoms with Crippen molar-refractivity contribution >= 4 is 44.1 Å². The third-order valence-corrected chi connectivity index (χ3v) is 4.45. The molecule has 6 nitrogen and oxygen atoms in total. The van der Waals surface area contributed by atoms with Gasteiger partial charge in [0.1, 0.15) is 23.1 Å². The van der Waals surface area contributed by atoms with E-state index in [4.69, 9.17) is 0 Å². The second-order valence-corrected chi connectivity index (χ2v) is 6.66. The molecular formula is C18H13BrN4O2. The minimum Gasteiger partial charge on any atom is -0.507 e. The molecule has 4 rings (SSSR count). The van der Waals surface area contributed by atoms with Crippen LogP contribution in [0.15, 0.2) is 57.1 Å². The number of hydrogen-bond acceptors (Lipinski definition) is 4. The summed E-state index contributed by atoms with van der Waals surface area (Å²) >= 11 is 3.34. The molecule has 2 heterocycles. The van der Waals surface area contributed by atoms with E-state index in [2.05, 4.69) is 31.0 Å². The summed E-state index contributed by atoms with van der Waals surface area (Å²) in [5.41, 5.74) is 3.18. The molecule has 7 heteroatoms. The molecule has 0 unspecified atom stereocenters. The van der Waals surface area contributed by atoms with Gasteiger partial charge in [-0.05, 0) is 36.8 Å². The van der Waals surface area contributed by atoms with E-state index in [1.807, 2.05) is 25.1 Å². The standard InChI is InChI=1S/C18H13BrN4O2/c1-10-2-4-13-14(6-10)22-17-16(13)20-9-23(18(17)25)21-8-11-7-12(19)3-5-15(11)24/h2-9,22,24H,1H3. The van der Waals surface area contributed by atoms with Crippen molar-refractivity contribution in [3.8, 4) is 5.75 Å². The summed E-state index contributed by atoms with van der Waals surface area (Å²) in [5, 5.41) is 14.9. The van der Waals surface area contributed by atoms with Crippen molar-refractivity contribution in [1.29, 1.82) is 0 Å². The SMILES string of the molecule is Cc1ccc2c(c1)[nH]c1c(=O)n(N=Cc3cc(Br)ccc3O)cnc12. The highest BCUT2D eigenvalue weighted by atomic mass is 79.9. The number of aromatic hydroxyl groups is 1. The lowest BCUT2D eigenvalue weighted by atomic mass is 10.2. The van der Waals surface area contributed by atoms with Crippen LogP contribution in [0.2, 0.25) is 0 Å². The van der Waals surface area contributed by atoms with Gasteiger partial charge in [0.15, 0.2) is 0 Å². The van der Waals surface area contributed by atoms with Crippen LogP contribution in [0.4, 0.5) is 0 Å². The number of phenols is 1. The highest BCUT2D eigenvalue weighted by Crippen LogP contribution is 2.22. The third-order valence-electron chi connectivity index (χ3n) is 3.96. The molecule has 124 valence electrons. The molecule has 0 spiro atoms. The Kier molecular flexibility index (Phi) is 3.65. The fourth-order valence-corrected chi connectivity index (χ4v) is 3.08. The van der Waals surface area contributed by atoms with Crippen molar-refractivity contribution in [2.75, 3.05) is 0 Å². The van der Waals surface area contributed by atoms with Crippen molar-refractivity contribution in [2.24, 2.45) is 5.10 Å². The maximum Gasteiger partial charge on any atom is 0.298 e. The molecule has 4 aromatic rings. The van der Waals surface area contributed by atoms with Gasteiger partial charge in [-0.15, -0.1) is 0 Å². The van der Waals surface area contributed by atoms with E-state index in [0.717, 1.165) is 25.6 Å². The first-order valence-electron chi connectivity index (χ1n) is 7.55. The summed E-state index contributed by atoms with van der Waals surface area (Å²) in [5.74, 6) is 0.0788. The number of halogens is 1. The van der Waals surface area contributed by atoms with Gasteiger partial charge in [0.05, 0.1) is 6.21 Å². The Morgan fingerprint density at radius 1 is 1.28 bits per heavy atom. The number of aromatic nitrogens is 3. The highest BCUT2D eigenvalue weighted by Gasteiger charge is 2.10. The van der Waals surface area contributed by atoms with Crippen LogP contribution in [0, 0.1) is 6.92 Å². The second kappa shape index (κ2) is 5.86. The van der Waals surface area contributed by atoms with E-state index in [-0.39, 0.29) is 11.3 Å². The van der Waals surface area contributed by atoms with Crippen molar-refractivity contribution in [3.05, 3.63) is 68.7 Å². The van der Waals surface area contributed by atoms with Crippen LogP contribution in [0.5, 0.6) is 5.75 Å². The molecule has 0 saturated carbocycles. The smallest absolute Gasteiger partial charge is 0.298 e. The van der Waals surface area contributed by atoms with Crippen molar-refractivity contribution in [2.45, 2.75) is 6.92 Å². The fourth-order valence-electron chi connectivity index (χ4n) is 2.70. The van der Waals surface area contributed by atoms with Gasteiger partial charge in [-0.2, -0.15) is 9.78 Å². The number of hydrogen-bond donors (Lipinski definition) is 2. The Morgan fingerprint density at radius 3 is 2.96 bits per heavy atom. The Hall–Kier alpha value is -2.93. The summed E-state index contributed by atoms with van der Waals surface area (Å²) in [6.07, 6.45) is 2.80. The molecule has 0 fully saturated rings. The maximum absolute atomic E-state index is 12.7. The molecule has 2 aromatic carbocycles. The summed E-state index contributed by atoms with van der Waals surface area (Å²) in [6.45, 7) is 1.99. The summed E-state index contributed by atoms with van der Waals surface area (Å²) in [7, 11) is 0. The average molecular weight is 397 g/mol. The second-order valence-electron chi connectivity index (χ2n) is 5.74. The van der Waals surface area contributed by atoms with Gasteiger partial charge >= 0.3 is 0 Å². The van der Waals surface area contributed by atoms with Crippen molar-refractivity contribution < 1.29 is 5.11 Å². The highest BCUT2D eigenvalue weighted by molar-refractivity contribution is 9.10.